The number of esters is 1. The molecule has 0 saturated carbocycles. The Labute approximate surface area is 328 Å². The van der Waals surface area contributed by atoms with E-state index in [1.54, 1.807) is 20.8 Å². The van der Waals surface area contributed by atoms with Gasteiger partial charge in [-0.25, -0.2) is 4.79 Å². The van der Waals surface area contributed by atoms with Gasteiger partial charge in [-0.1, -0.05) is 213 Å². The lowest BCUT2D eigenvalue weighted by Crippen LogP contribution is -2.59. The molecular weight excluding hydrogens is 661 g/mol. The second kappa shape index (κ2) is 33.8. The number of carboxylic acid groups (broad SMARTS) is 1. The van der Waals surface area contributed by atoms with Gasteiger partial charge in [0.05, 0.1) is 0 Å². The predicted octanol–water partition coefficient (Wildman–Crippen LogP) is 13.1. The lowest BCUT2D eigenvalue weighted by Gasteiger charge is -2.29. The van der Waals surface area contributed by atoms with Crippen LogP contribution in [-0.4, -0.2) is 34.1 Å². The summed E-state index contributed by atoms with van der Waals surface area (Å²) in [4.78, 5) is 39.1. The Morgan fingerprint density at radius 3 is 1.00 bits per heavy atom. The highest BCUT2D eigenvalue weighted by molar-refractivity contribution is 6.01. The topological polar surface area (TPSA) is 133 Å². The number of unbranched alkanes of at least 4 members (excludes halogenated alkanes) is 29. The zero-order chi connectivity index (χ0) is 39.6. The van der Waals surface area contributed by atoms with Crippen LogP contribution in [0.5, 0.6) is 0 Å². The SMILES string of the molecule is CCCCCCCCCCCCCCCCCCC(CCCCCCCCCCCCCCCCC)C(=O)C(CC(N)(N)C(=O)O)C(=O)OC(C)(C)C. The van der Waals surface area contributed by atoms with Crippen molar-refractivity contribution in [1.29, 1.82) is 0 Å². The van der Waals surface area contributed by atoms with E-state index in [4.69, 9.17) is 16.2 Å². The highest BCUT2D eigenvalue weighted by Gasteiger charge is 2.42. The van der Waals surface area contributed by atoms with E-state index in [2.05, 4.69) is 13.8 Å². The molecule has 5 N–H and O–H groups in total. The molecule has 0 bridgehead atoms. The summed E-state index contributed by atoms with van der Waals surface area (Å²) in [5.74, 6) is -4.03. The molecule has 0 spiro atoms. The van der Waals surface area contributed by atoms with Crippen LogP contribution in [0.2, 0.25) is 0 Å². The second-order valence-electron chi connectivity index (χ2n) is 17.6. The average Bonchev–Trinajstić information content (AvgIpc) is 3.10. The summed E-state index contributed by atoms with van der Waals surface area (Å²) in [6, 6.07) is 0. The Morgan fingerprint density at radius 1 is 0.491 bits per heavy atom. The molecule has 0 aromatic heterocycles. The Morgan fingerprint density at radius 2 is 0.755 bits per heavy atom. The van der Waals surface area contributed by atoms with Crippen LogP contribution in [0.25, 0.3) is 0 Å². The first-order valence-corrected chi connectivity index (χ1v) is 22.9. The highest BCUT2D eigenvalue weighted by atomic mass is 16.6. The van der Waals surface area contributed by atoms with Crippen molar-refractivity contribution in [3.8, 4) is 0 Å². The van der Waals surface area contributed by atoms with Crippen LogP contribution in [0, 0.1) is 11.8 Å². The summed E-state index contributed by atoms with van der Waals surface area (Å²) < 4.78 is 5.60. The van der Waals surface area contributed by atoms with E-state index >= 15 is 0 Å². The number of Topliss-reactive ketones (excluding diaryl/α,β-unsaturated/α-hetero) is 1. The van der Waals surface area contributed by atoms with Crippen LogP contribution in [0.4, 0.5) is 0 Å². The Hall–Kier alpha value is -1.47. The Kier molecular flexibility index (Phi) is 32.9. The molecule has 0 aliphatic carbocycles. The van der Waals surface area contributed by atoms with Gasteiger partial charge in [0, 0.05) is 12.3 Å². The fourth-order valence-corrected chi connectivity index (χ4v) is 7.51. The molecule has 0 fully saturated rings. The second-order valence-corrected chi connectivity index (χ2v) is 17.6. The van der Waals surface area contributed by atoms with Gasteiger partial charge in [0.25, 0.3) is 0 Å². The molecule has 0 heterocycles. The lowest BCUT2D eigenvalue weighted by atomic mass is 9.81. The maximum Gasteiger partial charge on any atom is 0.338 e. The van der Waals surface area contributed by atoms with Gasteiger partial charge in [-0.15, -0.1) is 0 Å². The standard InChI is InChI=1S/C46H90N2O5/c1-6-8-10-12-14-16-18-20-22-24-26-28-30-32-34-36-38-40(37-35-33-31-29-27-25-23-21-19-17-15-13-11-9-7-2)42(49)41(39-46(47,48)44(51)52)43(50)53-45(3,4)5/h40-41H,6-39,47-48H2,1-5H3,(H,51,52). The van der Waals surface area contributed by atoms with E-state index in [-0.39, 0.29) is 11.7 Å². The van der Waals surface area contributed by atoms with Gasteiger partial charge in [0.15, 0.2) is 5.66 Å². The van der Waals surface area contributed by atoms with Crippen molar-refractivity contribution in [2.24, 2.45) is 23.3 Å². The summed E-state index contributed by atoms with van der Waals surface area (Å²) in [6.45, 7) is 9.76. The lowest BCUT2D eigenvalue weighted by molar-refractivity contribution is -0.164. The zero-order valence-corrected chi connectivity index (χ0v) is 35.9. The third kappa shape index (κ3) is 31.4. The van der Waals surface area contributed by atoms with Crippen LogP contribution in [0.1, 0.15) is 253 Å². The van der Waals surface area contributed by atoms with Gasteiger partial charge < -0.3 is 21.3 Å². The highest BCUT2D eigenvalue weighted by Crippen LogP contribution is 2.28. The average molecular weight is 751 g/mol. The monoisotopic (exact) mass is 751 g/mol. The molecule has 0 aliphatic heterocycles. The fourth-order valence-electron chi connectivity index (χ4n) is 7.51. The summed E-state index contributed by atoms with van der Waals surface area (Å²) in [5, 5.41) is 9.62. The number of carbonyl (C=O) groups excluding carboxylic acids is 2. The van der Waals surface area contributed by atoms with Gasteiger partial charge in [-0.2, -0.15) is 0 Å². The van der Waals surface area contributed by atoms with Crippen molar-refractivity contribution in [3.05, 3.63) is 0 Å². The summed E-state index contributed by atoms with van der Waals surface area (Å²) in [7, 11) is 0. The van der Waals surface area contributed by atoms with Crippen molar-refractivity contribution in [1.82, 2.24) is 0 Å². The molecule has 0 aliphatic rings. The van der Waals surface area contributed by atoms with Crippen LogP contribution in [0.3, 0.4) is 0 Å². The van der Waals surface area contributed by atoms with Crippen molar-refractivity contribution in [2.75, 3.05) is 0 Å². The number of rotatable bonds is 39. The molecule has 314 valence electrons. The molecule has 0 aromatic carbocycles. The van der Waals surface area contributed by atoms with E-state index < -0.39 is 35.5 Å². The third-order valence-electron chi connectivity index (χ3n) is 10.9. The summed E-state index contributed by atoms with van der Waals surface area (Å²) in [5.41, 5.74) is 8.78. The minimum absolute atomic E-state index is 0.257. The Bertz CT molecular complexity index is 884. The quantitative estimate of drug-likeness (QED) is 0.0246. The first-order chi connectivity index (χ1) is 25.4. The molecule has 0 aromatic rings. The van der Waals surface area contributed by atoms with E-state index in [9.17, 15) is 19.5 Å². The molecule has 0 saturated heterocycles. The molecular formula is C46H90N2O5. The smallest absolute Gasteiger partial charge is 0.338 e. The number of ketones is 1. The molecule has 7 heteroatoms. The van der Waals surface area contributed by atoms with Crippen molar-refractivity contribution < 1.29 is 24.2 Å². The molecule has 53 heavy (non-hydrogen) atoms. The number of nitrogens with two attached hydrogens (primary N) is 2. The molecule has 0 radical (unpaired) electrons. The predicted molar refractivity (Wildman–Crippen MR) is 225 cm³/mol. The number of hydrogen-bond donors (Lipinski definition) is 3. The van der Waals surface area contributed by atoms with Gasteiger partial charge >= 0.3 is 11.9 Å². The molecule has 0 amide bonds. The number of ether oxygens (including phenoxy) is 1. The molecule has 7 nitrogen and oxygen atoms in total. The van der Waals surface area contributed by atoms with Gasteiger partial charge in [-0.05, 0) is 33.6 Å². The van der Waals surface area contributed by atoms with Crippen molar-refractivity contribution in [2.45, 2.75) is 264 Å². The van der Waals surface area contributed by atoms with E-state index in [1.807, 2.05) is 0 Å². The van der Waals surface area contributed by atoms with E-state index in [0.29, 0.717) is 12.8 Å². The van der Waals surface area contributed by atoms with Gasteiger partial charge in [0.1, 0.15) is 17.3 Å². The van der Waals surface area contributed by atoms with Gasteiger partial charge in [0.2, 0.25) is 0 Å². The minimum Gasteiger partial charge on any atom is -0.479 e. The molecule has 2 atom stereocenters. The van der Waals surface area contributed by atoms with Crippen LogP contribution in [-0.2, 0) is 19.1 Å². The Balaban J connectivity index is 4.77. The van der Waals surface area contributed by atoms with Crippen LogP contribution in [0.15, 0.2) is 0 Å². The number of hydrogen-bond acceptors (Lipinski definition) is 6. The third-order valence-corrected chi connectivity index (χ3v) is 10.9. The van der Waals surface area contributed by atoms with E-state index in [1.165, 1.54) is 161 Å². The minimum atomic E-state index is -2.19. The summed E-state index contributed by atoms with van der Waals surface area (Å²) >= 11 is 0. The number of carbonyl (C=O) groups is 3. The fraction of sp³-hybridized carbons (Fsp3) is 0.935. The zero-order valence-electron chi connectivity index (χ0n) is 35.9. The van der Waals surface area contributed by atoms with E-state index in [0.717, 1.165) is 38.5 Å². The van der Waals surface area contributed by atoms with Crippen LogP contribution >= 0.6 is 0 Å². The maximum absolute atomic E-state index is 14.0. The molecule has 0 rings (SSSR count). The first-order valence-electron chi connectivity index (χ1n) is 22.9. The van der Waals surface area contributed by atoms with Crippen LogP contribution < -0.4 is 11.5 Å². The first kappa shape index (κ1) is 51.5. The largest absolute Gasteiger partial charge is 0.479 e. The summed E-state index contributed by atoms with van der Waals surface area (Å²) in [6.07, 6.45) is 40.8. The van der Waals surface area contributed by atoms with Gasteiger partial charge in [-0.3, -0.25) is 9.59 Å². The number of carboxylic acids is 1. The number of aliphatic carboxylic acids is 1. The molecule has 2 unspecified atom stereocenters. The maximum atomic E-state index is 14.0. The normalized spacial score (nSPS) is 13.3. The van der Waals surface area contributed by atoms with Crippen molar-refractivity contribution in [3.63, 3.8) is 0 Å². The van der Waals surface area contributed by atoms with Crippen molar-refractivity contribution >= 4 is 17.7 Å².